The summed E-state index contributed by atoms with van der Waals surface area (Å²) < 4.78 is 16.0. The van der Waals surface area contributed by atoms with Gasteiger partial charge in [-0.2, -0.15) is 0 Å². The van der Waals surface area contributed by atoms with Crippen molar-refractivity contribution in [2.75, 3.05) is 26.4 Å². The molecule has 0 amide bonds. The van der Waals surface area contributed by atoms with E-state index >= 15 is 0 Å². The summed E-state index contributed by atoms with van der Waals surface area (Å²) in [5.74, 6) is 0. The van der Waals surface area contributed by atoms with Crippen LogP contribution in [0.5, 0.6) is 0 Å². The number of aliphatic hydroxyl groups is 6. The summed E-state index contributed by atoms with van der Waals surface area (Å²) in [5.41, 5.74) is -0.466. The molecule has 0 aliphatic carbocycles. The second-order valence-electron chi connectivity index (χ2n) is 5.76. The molecule has 0 spiro atoms. The van der Waals surface area contributed by atoms with Crippen molar-refractivity contribution in [2.24, 2.45) is 0 Å². The van der Waals surface area contributed by atoms with Crippen LogP contribution in [0.1, 0.15) is 6.42 Å². The lowest BCUT2D eigenvalue weighted by Crippen LogP contribution is -2.59. The van der Waals surface area contributed by atoms with E-state index < -0.39 is 49.0 Å². The quantitative estimate of drug-likeness (QED) is 0.199. The molecule has 0 aromatic carbocycles. The largest absolute Gasteiger partial charge is 0.394 e. The lowest BCUT2D eigenvalue weighted by Gasteiger charge is -2.39. The third-order valence-corrected chi connectivity index (χ3v) is 4.37. The normalized spacial score (nSPS) is 43.4. The van der Waals surface area contributed by atoms with Crippen molar-refractivity contribution in [3.63, 3.8) is 0 Å². The Labute approximate surface area is 133 Å². The Bertz CT molecular complexity index is 415. The zero-order valence-corrected chi connectivity index (χ0v) is 12.6. The number of rotatable bonds is 8. The number of hydrogen-bond donors (Lipinski definition) is 6. The molecular formula is C14H24O9. The molecule has 0 saturated carbocycles. The van der Waals surface area contributed by atoms with Crippen LogP contribution < -0.4 is 0 Å². The van der Waals surface area contributed by atoms with E-state index in [1.165, 1.54) is 0 Å². The molecule has 134 valence electrons. The average molecular weight is 336 g/mol. The van der Waals surface area contributed by atoms with Crippen molar-refractivity contribution in [3.8, 4) is 0 Å². The summed E-state index contributed by atoms with van der Waals surface area (Å²) in [6.07, 6.45) is -6.90. The van der Waals surface area contributed by atoms with Gasteiger partial charge >= 0.3 is 0 Å². The van der Waals surface area contributed by atoms with Crippen LogP contribution in [0.3, 0.4) is 0 Å². The van der Waals surface area contributed by atoms with Crippen LogP contribution in [-0.4, -0.2) is 99.5 Å². The van der Waals surface area contributed by atoms with Crippen molar-refractivity contribution in [2.45, 2.75) is 48.8 Å². The Morgan fingerprint density at radius 1 is 1.04 bits per heavy atom. The Balaban J connectivity index is 1.89. The maximum atomic E-state index is 9.85. The summed E-state index contributed by atoms with van der Waals surface area (Å²) in [4.78, 5) is 0. The molecule has 0 aromatic rings. The predicted molar refractivity (Wildman–Crippen MR) is 75.3 cm³/mol. The number of aliphatic hydroxyl groups excluding tert-OH is 6. The Hall–Kier alpha value is -0.620. The molecule has 2 aliphatic heterocycles. The molecular weight excluding hydrogens is 312 g/mol. The van der Waals surface area contributed by atoms with Gasteiger partial charge in [-0.15, -0.1) is 0 Å². The molecule has 0 aromatic heterocycles. The molecule has 9 nitrogen and oxygen atoms in total. The second-order valence-corrected chi connectivity index (χ2v) is 5.76. The highest BCUT2D eigenvalue weighted by Crippen LogP contribution is 2.45. The molecule has 0 radical (unpaired) electrons. The monoisotopic (exact) mass is 336 g/mol. The van der Waals surface area contributed by atoms with Gasteiger partial charge in [0.25, 0.3) is 0 Å². The minimum atomic E-state index is -1.50. The van der Waals surface area contributed by atoms with E-state index in [1.807, 2.05) is 0 Å². The molecule has 0 bridgehead atoms. The van der Waals surface area contributed by atoms with Crippen molar-refractivity contribution in [1.82, 2.24) is 0 Å². The SMILES string of the molecule is C=C(CO)[C@@]1(CCO[C@@H]2O[C@H](CO)[C@@H](O)[C@H](O)[C@H]2O)O[C@H]1CO. The first-order valence-electron chi connectivity index (χ1n) is 7.41. The van der Waals surface area contributed by atoms with Crippen molar-refractivity contribution >= 4 is 0 Å². The summed E-state index contributed by atoms with van der Waals surface area (Å²) in [6, 6.07) is 0. The molecule has 2 saturated heterocycles. The van der Waals surface area contributed by atoms with Gasteiger partial charge in [0.2, 0.25) is 0 Å². The highest BCUT2D eigenvalue weighted by atomic mass is 16.7. The molecule has 0 unspecified atom stereocenters. The molecule has 7 atom stereocenters. The highest BCUT2D eigenvalue weighted by Gasteiger charge is 2.57. The highest BCUT2D eigenvalue weighted by molar-refractivity contribution is 5.25. The minimum Gasteiger partial charge on any atom is -0.394 e. The molecule has 2 aliphatic rings. The lowest BCUT2D eigenvalue weighted by atomic mass is 9.93. The van der Waals surface area contributed by atoms with E-state index in [4.69, 9.17) is 24.4 Å². The number of hydrogen-bond acceptors (Lipinski definition) is 9. The van der Waals surface area contributed by atoms with Crippen LogP contribution in [0.25, 0.3) is 0 Å². The zero-order chi connectivity index (χ0) is 17.2. The van der Waals surface area contributed by atoms with Crippen molar-refractivity contribution < 1.29 is 44.8 Å². The number of epoxide rings is 1. The van der Waals surface area contributed by atoms with Crippen LogP contribution in [0.2, 0.25) is 0 Å². The van der Waals surface area contributed by atoms with Crippen LogP contribution in [0.4, 0.5) is 0 Å². The Morgan fingerprint density at radius 2 is 1.74 bits per heavy atom. The minimum absolute atomic E-state index is 0.0260. The first-order chi connectivity index (χ1) is 10.9. The van der Waals surface area contributed by atoms with Crippen LogP contribution >= 0.6 is 0 Å². The molecule has 2 heterocycles. The van der Waals surface area contributed by atoms with Crippen LogP contribution in [-0.2, 0) is 14.2 Å². The smallest absolute Gasteiger partial charge is 0.186 e. The van der Waals surface area contributed by atoms with E-state index in [2.05, 4.69) is 6.58 Å². The Kier molecular flexibility index (Phi) is 6.11. The fourth-order valence-electron chi connectivity index (χ4n) is 2.78. The molecule has 6 N–H and O–H groups in total. The molecule has 23 heavy (non-hydrogen) atoms. The van der Waals surface area contributed by atoms with Gasteiger partial charge in [-0.05, 0) is 5.57 Å². The van der Waals surface area contributed by atoms with Gasteiger partial charge in [0, 0.05) is 6.42 Å². The summed E-state index contributed by atoms with van der Waals surface area (Å²) in [5, 5.41) is 56.6. The van der Waals surface area contributed by atoms with Gasteiger partial charge < -0.3 is 44.8 Å². The number of ether oxygens (including phenoxy) is 3. The van der Waals surface area contributed by atoms with Crippen LogP contribution in [0.15, 0.2) is 12.2 Å². The third-order valence-electron chi connectivity index (χ3n) is 4.37. The standard InChI is InChI=1S/C14H24O9/c1-7(4-15)14(9(6-17)23-14)2-3-21-13-12(20)11(19)10(18)8(5-16)22-13/h8-13,15-20H,1-6H2/t8-,9+,10-,11+,12-,13-,14-/m1/s1. The van der Waals surface area contributed by atoms with Gasteiger partial charge in [0.05, 0.1) is 26.4 Å². The van der Waals surface area contributed by atoms with Gasteiger partial charge in [0.1, 0.15) is 36.1 Å². The van der Waals surface area contributed by atoms with Gasteiger partial charge in [-0.3, -0.25) is 0 Å². The first-order valence-corrected chi connectivity index (χ1v) is 7.41. The van der Waals surface area contributed by atoms with Crippen molar-refractivity contribution in [1.29, 1.82) is 0 Å². The lowest BCUT2D eigenvalue weighted by molar-refractivity contribution is -0.301. The fourth-order valence-corrected chi connectivity index (χ4v) is 2.78. The van der Waals surface area contributed by atoms with E-state index in [9.17, 15) is 20.4 Å². The average Bonchev–Trinajstić information content (AvgIpc) is 3.28. The maximum Gasteiger partial charge on any atom is 0.186 e. The van der Waals surface area contributed by atoms with E-state index in [0.29, 0.717) is 5.57 Å². The zero-order valence-electron chi connectivity index (χ0n) is 12.6. The Morgan fingerprint density at radius 3 is 2.26 bits per heavy atom. The van der Waals surface area contributed by atoms with Gasteiger partial charge in [-0.25, -0.2) is 0 Å². The van der Waals surface area contributed by atoms with E-state index in [-0.39, 0.29) is 26.2 Å². The summed E-state index contributed by atoms with van der Waals surface area (Å²) in [7, 11) is 0. The molecule has 2 fully saturated rings. The second kappa shape index (κ2) is 7.51. The van der Waals surface area contributed by atoms with E-state index in [1.54, 1.807) is 0 Å². The molecule has 9 heteroatoms. The van der Waals surface area contributed by atoms with Crippen LogP contribution in [0, 0.1) is 0 Å². The van der Waals surface area contributed by atoms with Gasteiger partial charge in [0.15, 0.2) is 6.29 Å². The fraction of sp³-hybridized carbons (Fsp3) is 0.857. The van der Waals surface area contributed by atoms with Gasteiger partial charge in [-0.1, -0.05) is 6.58 Å². The summed E-state index contributed by atoms with van der Waals surface area (Å²) in [6.45, 7) is 2.68. The molecule has 2 rings (SSSR count). The van der Waals surface area contributed by atoms with E-state index in [0.717, 1.165) is 0 Å². The predicted octanol–water partition coefficient (Wildman–Crippen LogP) is -3.13. The topological polar surface area (TPSA) is 152 Å². The first kappa shape index (κ1) is 18.7. The summed E-state index contributed by atoms with van der Waals surface area (Å²) >= 11 is 0. The third kappa shape index (κ3) is 3.58. The maximum absolute atomic E-state index is 9.85. The van der Waals surface area contributed by atoms with Crippen molar-refractivity contribution in [3.05, 3.63) is 12.2 Å².